The van der Waals surface area contributed by atoms with Crippen LogP contribution in [0, 0.1) is 0 Å². The molecule has 16 heavy (non-hydrogen) atoms. The predicted octanol–water partition coefficient (Wildman–Crippen LogP) is 2.26. The lowest BCUT2D eigenvalue weighted by Crippen LogP contribution is -2.05. The Hall–Kier alpha value is -1.39. The Morgan fingerprint density at radius 2 is 2.06 bits per heavy atom. The summed E-state index contributed by atoms with van der Waals surface area (Å²) in [4.78, 5) is 4.34. The van der Waals surface area contributed by atoms with Gasteiger partial charge in [0.1, 0.15) is 0 Å². The summed E-state index contributed by atoms with van der Waals surface area (Å²) < 4.78 is 0. The molecule has 2 aromatic rings. The van der Waals surface area contributed by atoms with Crippen molar-refractivity contribution in [2.24, 2.45) is 5.73 Å². The zero-order valence-corrected chi connectivity index (χ0v) is 9.83. The zero-order chi connectivity index (χ0) is 11.2. The van der Waals surface area contributed by atoms with Crippen molar-refractivity contribution in [3.8, 4) is 0 Å². The van der Waals surface area contributed by atoms with Gasteiger partial charge < -0.3 is 11.1 Å². The molecule has 0 radical (unpaired) electrons. The quantitative estimate of drug-likeness (QED) is 0.833. The Morgan fingerprint density at radius 1 is 1.25 bits per heavy atom. The third-order valence-electron chi connectivity index (χ3n) is 2.29. The second-order valence-corrected chi connectivity index (χ2v) is 4.37. The molecule has 0 aliphatic carbocycles. The second-order valence-electron chi connectivity index (χ2n) is 3.51. The Balaban J connectivity index is 1.80. The van der Waals surface area contributed by atoms with Gasteiger partial charge in [-0.25, -0.2) is 4.98 Å². The SMILES string of the molecule is NCc1csc(NCCc2ccccc2)n1. The summed E-state index contributed by atoms with van der Waals surface area (Å²) >= 11 is 1.61. The van der Waals surface area contributed by atoms with E-state index >= 15 is 0 Å². The van der Waals surface area contributed by atoms with E-state index < -0.39 is 0 Å². The number of nitrogens with two attached hydrogens (primary N) is 1. The summed E-state index contributed by atoms with van der Waals surface area (Å²) in [5.41, 5.74) is 7.79. The molecule has 2 rings (SSSR count). The Labute approximate surface area is 99.3 Å². The fourth-order valence-corrected chi connectivity index (χ4v) is 2.19. The molecule has 84 valence electrons. The van der Waals surface area contributed by atoms with E-state index in [0.717, 1.165) is 23.8 Å². The van der Waals surface area contributed by atoms with Crippen LogP contribution >= 0.6 is 11.3 Å². The minimum Gasteiger partial charge on any atom is -0.361 e. The fraction of sp³-hybridized carbons (Fsp3) is 0.250. The molecule has 1 aromatic heterocycles. The van der Waals surface area contributed by atoms with E-state index in [1.54, 1.807) is 11.3 Å². The number of rotatable bonds is 5. The van der Waals surface area contributed by atoms with Crippen LogP contribution in [-0.2, 0) is 13.0 Å². The van der Waals surface area contributed by atoms with Gasteiger partial charge in [-0.15, -0.1) is 11.3 Å². The van der Waals surface area contributed by atoms with Gasteiger partial charge in [0, 0.05) is 18.5 Å². The zero-order valence-electron chi connectivity index (χ0n) is 9.02. The molecule has 0 aliphatic heterocycles. The largest absolute Gasteiger partial charge is 0.361 e. The van der Waals surface area contributed by atoms with E-state index in [-0.39, 0.29) is 0 Å². The van der Waals surface area contributed by atoms with Gasteiger partial charge in [0.15, 0.2) is 5.13 Å². The molecule has 0 bridgehead atoms. The van der Waals surface area contributed by atoms with Crippen LogP contribution in [-0.4, -0.2) is 11.5 Å². The number of hydrogen-bond acceptors (Lipinski definition) is 4. The fourth-order valence-electron chi connectivity index (χ4n) is 1.44. The number of hydrogen-bond donors (Lipinski definition) is 2. The van der Waals surface area contributed by atoms with Gasteiger partial charge in [0.2, 0.25) is 0 Å². The lowest BCUT2D eigenvalue weighted by Gasteiger charge is -2.02. The summed E-state index contributed by atoms with van der Waals surface area (Å²) in [5, 5.41) is 6.25. The number of anilines is 1. The van der Waals surface area contributed by atoms with E-state index in [0.29, 0.717) is 6.54 Å². The smallest absolute Gasteiger partial charge is 0.182 e. The standard InChI is InChI=1S/C12H15N3S/c13-8-11-9-16-12(15-11)14-7-6-10-4-2-1-3-5-10/h1-5,9H,6-8,13H2,(H,14,15). The first kappa shape index (κ1) is 11.1. The summed E-state index contributed by atoms with van der Waals surface area (Å²) in [6.45, 7) is 1.42. The first-order chi connectivity index (χ1) is 7.88. The molecule has 0 amide bonds. The van der Waals surface area contributed by atoms with Crippen molar-refractivity contribution in [2.75, 3.05) is 11.9 Å². The van der Waals surface area contributed by atoms with Gasteiger partial charge in [-0.2, -0.15) is 0 Å². The van der Waals surface area contributed by atoms with E-state index in [4.69, 9.17) is 5.73 Å². The maximum Gasteiger partial charge on any atom is 0.182 e. The number of aromatic nitrogens is 1. The maximum atomic E-state index is 5.50. The minimum absolute atomic E-state index is 0.511. The summed E-state index contributed by atoms with van der Waals surface area (Å²) in [5.74, 6) is 0. The van der Waals surface area contributed by atoms with Crippen LogP contribution in [0.25, 0.3) is 0 Å². The van der Waals surface area contributed by atoms with E-state index in [1.165, 1.54) is 5.56 Å². The van der Waals surface area contributed by atoms with E-state index in [1.807, 2.05) is 11.4 Å². The molecule has 0 spiro atoms. The molecular weight excluding hydrogens is 218 g/mol. The Bertz CT molecular complexity index is 425. The Morgan fingerprint density at radius 3 is 2.75 bits per heavy atom. The molecule has 0 unspecified atom stereocenters. The molecule has 3 nitrogen and oxygen atoms in total. The highest BCUT2D eigenvalue weighted by molar-refractivity contribution is 7.13. The number of nitrogens with zero attached hydrogens (tertiary/aromatic N) is 1. The van der Waals surface area contributed by atoms with Gasteiger partial charge in [0.05, 0.1) is 5.69 Å². The van der Waals surface area contributed by atoms with Crippen molar-refractivity contribution >= 4 is 16.5 Å². The van der Waals surface area contributed by atoms with Crippen molar-refractivity contribution in [1.82, 2.24) is 4.98 Å². The lowest BCUT2D eigenvalue weighted by atomic mass is 10.2. The molecular formula is C12H15N3S. The van der Waals surface area contributed by atoms with Gasteiger partial charge in [-0.3, -0.25) is 0 Å². The van der Waals surface area contributed by atoms with Crippen molar-refractivity contribution in [3.05, 3.63) is 47.0 Å². The van der Waals surface area contributed by atoms with Crippen molar-refractivity contribution in [1.29, 1.82) is 0 Å². The monoisotopic (exact) mass is 233 g/mol. The highest BCUT2D eigenvalue weighted by atomic mass is 32.1. The van der Waals surface area contributed by atoms with Crippen LogP contribution in [0.3, 0.4) is 0 Å². The van der Waals surface area contributed by atoms with Gasteiger partial charge in [0.25, 0.3) is 0 Å². The molecule has 0 saturated heterocycles. The van der Waals surface area contributed by atoms with Crippen molar-refractivity contribution in [2.45, 2.75) is 13.0 Å². The van der Waals surface area contributed by atoms with Crippen LogP contribution in [0.15, 0.2) is 35.7 Å². The highest BCUT2D eigenvalue weighted by Crippen LogP contribution is 2.14. The normalized spacial score (nSPS) is 10.3. The Kier molecular flexibility index (Phi) is 3.91. The molecule has 3 N–H and O–H groups in total. The summed E-state index contributed by atoms with van der Waals surface area (Å²) in [7, 11) is 0. The van der Waals surface area contributed by atoms with Crippen LogP contribution in [0.2, 0.25) is 0 Å². The van der Waals surface area contributed by atoms with Crippen molar-refractivity contribution < 1.29 is 0 Å². The second kappa shape index (κ2) is 5.63. The van der Waals surface area contributed by atoms with Gasteiger partial charge >= 0.3 is 0 Å². The number of thiazole rings is 1. The average molecular weight is 233 g/mol. The van der Waals surface area contributed by atoms with Crippen LogP contribution < -0.4 is 11.1 Å². The van der Waals surface area contributed by atoms with Crippen molar-refractivity contribution in [3.63, 3.8) is 0 Å². The first-order valence-electron chi connectivity index (χ1n) is 5.31. The third kappa shape index (κ3) is 3.05. The topological polar surface area (TPSA) is 50.9 Å². The number of benzene rings is 1. The van der Waals surface area contributed by atoms with Crippen LogP contribution in [0.4, 0.5) is 5.13 Å². The molecule has 0 fully saturated rings. The lowest BCUT2D eigenvalue weighted by molar-refractivity contribution is 0.985. The third-order valence-corrected chi connectivity index (χ3v) is 3.14. The summed E-state index contributed by atoms with van der Waals surface area (Å²) in [6.07, 6.45) is 1.01. The van der Waals surface area contributed by atoms with E-state index in [9.17, 15) is 0 Å². The molecule has 0 atom stereocenters. The summed E-state index contributed by atoms with van der Waals surface area (Å²) in [6, 6.07) is 10.4. The molecule has 0 saturated carbocycles. The highest BCUT2D eigenvalue weighted by Gasteiger charge is 1.99. The van der Waals surface area contributed by atoms with Crippen LogP contribution in [0.1, 0.15) is 11.3 Å². The molecule has 4 heteroatoms. The first-order valence-corrected chi connectivity index (χ1v) is 6.18. The minimum atomic E-state index is 0.511. The average Bonchev–Trinajstić information content (AvgIpc) is 2.78. The van der Waals surface area contributed by atoms with Crippen LogP contribution in [0.5, 0.6) is 0 Å². The predicted molar refractivity (Wildman–Crippen MR) is 68.6 cm³/mol. The molecule has 1 aromatic carbocycles. The number of nitrogens with one attached hydrogen (secondary N) is 1. The maximum absolute atomic E-state index is 5.50. The molecule has 1 heterocycles. The van der Waals surface area contributed by atoms with Gasteiger partial charge in [-0.1, -0.05) is 30.3 Å². The van der Waals surface area contributed by atoms with Gasteiger partial charge in [-0.05, 0) is 12.0 Å². The molecule has 0 aliphatic rings. The van der Waals surface area contributed by atoms with E-state index in [2.05, 4.69) is 34.6 Å².